The summed E-state index contributed by atoms with van der Waals surface area (Å²) >= 11 is 0.781. The van der Waals surface area contributed by atoms with E-state index in [2.05, 4.69) is 20.5 Å². The summed E-state index contributed by atoms with van der Waals surface area (Å²) in [5.74, 6) is -1.49. The summed E-state index contributed by atoms with van der Waals surface area (Å²) in [6.45, 7) is 4.20. The maximum absolute atomic E-state index is 13.8. The molecule has 0 aliphatic carbocycles. The van der Waals surface area contributed by atoms with Gasteiger partial charge in [0, 0.05) is 23.2 Å². The molecule has 0 fully saturated rings. The largest absolute Gasteiger partial charge is 0.454 e. The van der Waals surface area contributed by atoms with Gasteiger partial charge in [0.05, 0.1) is 23.4 Å². The number of primary amides is 1. The van der Waals surface area contributed by atoms with Gasteiger partial charge in [0.2, 0.25) is 0 Å². The summed E-state index contributed by atoms with van der Waals surface area (Å²) in [6.07, 6.45) is 0.929. The van der Waals surface area contributed by atoms with Crippen LogP contribution in [-0.2, 0) is 13.1 Å². The fourth-order valence-corrected chi connectivity index (χ4v) is 5.23. The number of furan rings is 1. The highest BCUT2D eigenvalue weighted by Crippen LogP contribution is 2.43. The average molecular weight is 571 g/mol. The first-order valence-corrected chi connectivity index (χ1v) is 12.5. The number of alkyl halides is 2. The second kappa shape index (κ2) is 10.3. The van der Waals surface area contributed by atoms with E-state index in [1.165, 1.54) is 35.3 Å². The first kappa shape index (κ1) is 26.6. The van der Waals surface area contributed by atoms with E-state index in [1.807, 2.05) is 6.92 Å². The van der Waals surface area contributed by atoms with Crippen molar-refractivity contribution >= 4 is 44.7 Å². The third-order valence-electron chi connectivity index (χ3n) is 6.09. The maximum Gasteiger partial charge on any atom is 0.307 e. The smallest absolute Gasteiger partial charge is 0.307 e. The molecule has 0 atom stereocenters. The number of carbonyl (C=O) groups is 2. The number of nitrogens with two attached hydrogens (primary N) is 1. The van der Waals surface area contributed by atoms with E-state index in [1.54, 1.807) is 11.6 Å². The number of nitrogens with zero attached hydrogens (tertiary/aromatic N) is 6. The Labute approximate surface area is 227 Å². The van der Waals surface area contributed by atoms with Gasteiger partial charge in [-0.2, -0.15) is 10.2 Å². The molecule has 0 aliphatic rings. The van der Waals surface area contributed by atoms with Gasteiger partial charge < -0.3 is 15.5 Å². The zero-order valence-electron chi connectivity index (χ0n) is 20.9. The molecule has 0 unspecified atom stereocenters. The lowest BCUT2D eigenvalue weighted by atomic mass is 10.0. The Morgan fingerprint density at radius 3 is 2.65 bits per heavy atom. The summed E-state index contributed by atoms with van der Waals surface area (Å²) in [6, 6.07) is 4.08. The molecule has 13 nitrogen and oxygen atoms in total. The molecule has 40 heavy (non-hydrogen) atoms. The molecular formula is C24H20F2N8O5S. The van der Waals surface area contributed by atoms with E-state index in [0.29, 0.717) is 23.4 Å². The number of nitro groups is 1. The third-order valence-corrected chi connectivity index (χ3v) is 7.19. The molecule has 5 aromatic heterocycles. The van der Waals surface area contributed by atoms with Gasteiger partial charge in [0.15, 0.2) is 5.76 Å². The van der Waals surface area contributed by atoms with Crippen LogP contribution in [0.3, 0.4) is 0 Å². The van der Waals surface area contributed by atoms with Gasteiger partial charge in [-0.1, -0.05) is 0 Å². The monoisotopic (exact) mass is 570 g/mol. The van der Waals surface area contributed by atoms with Gasteiger partial charge in [-0.25, -0.2) is 13.8 Å². The number of hydrogen-bond donors (Lipinski definition) is 2. The number of pyridine rings is 1. The molecule has 5 aromatic rings. The van der Waals surface area contributed by atoms with Crippen LogP contribution < -0.4 is 11.1 Å². The van der Waals surface area contributed by atoms with Crippen LogP contribution in [0, 0.1) is 17.0 Å². The molecule has 3 N–H and O–H groups in total. The van der Waals surface area contributed by atoms with E-state index in [4.69, 9.17) is 10.2 Å². The Kier molecular flexibility index (Phi) is 6.85. The SMILES string of the molecule is CCn1ncc(-c2cc(C(F)F)nc3sc(C(N)=O)c(NC(=O)c4ccc(Cn5cc([N+](=O)[O-])cn5)o4)c23)c1C. The number of carbonyl (C=O) groups excluding carboxylic acids is 2. The van der Waals surface area contributed by atoms with Crippen LogP contribution in [0.15, 0.2) is 41.2 Å². The molecule has 0 bridgehead atoms. The highest BCUT2D eigenvalue weighted by Gasteiger charge is 2.27. The van der Waals surface area contributed by atoms with E-state index in [0.717, 1.165) is 17.5 Å². The first-order valence-electron chi connectivity index (χ1n) is 11.7. The normalized spacial score (nSPS) is 11.4. The van der Waals surface area contributed by atoms with E-state index in [9.17, 15) is 28.5 Å². The van der Waals surface area contributed by atoms with Crippen LogP contribution >= 0.6 is 11.3 Å². The molecular weight excluding hydrogens is 550 g/mol. The van der Waals surface area contributed by atoms with Gasteiger partial charge >= 0.3 is 5.69 Å². The molecule has 16 heteroatoms. The van der Waals surface area contributed by atoms with Crippen molar-refractivity contribution in [2.45, 2.75) is 33.4 Å². The maximum atomic E-state index is 13.8. The first-order chi connectivity index (χ1) is 19.1. The van der Waals surface area contributed by atoms with Crippen molar-refractivity contribution in [3.05, 3.63) is 74.7 Å². The second-order valence-electron chi connectivity index (χ2n) is 8.58. The average Bonchev–Trinajstić information content (AvgIpc) is 3.70. The fraction of sp³-hybridized carbons (Fsp3) is 0.208. The van der Waals surface area contributed by atoms with Crippen LogP contribution in [0.5, 0.6) is 0 Å². The molecule has 0 aromatic carbocycles. The summed E-state index contributed by atoms with van der Waals surface area (Å²) in [5.41, 5.74) is 6.41. The number of thiophene rings is 1. The van der Waals surface area contributed by atoms with Crippen molar-refractivity contribution < 1.29 is 27.7 Å². The van der Waals surface area contributed by atoms with Gasteiger partial charge in [0.1, 0.15) is 33.6 Å². The summed E-state index contributed by atoms with van der Waals surface area (Å²) in [7, 11) is 0. The van der Waals surface area contributed by atoms with Crippen LogP contribution in [0.25, 0.3) is 21.3 Å². The topological polar surface area (TPSA) is 177 Å². The predicted molar refractivity (Wildman–Crippen MR) is 139 cm³/mol. The van der Waals surface area contributed by atoms with Crippen LogP contribution in [-0.4, -0.2) is 41.3 Å². The van der Waals surface area contributed by atoms with E-state index >= 15 is 0 Å². The van der Waals surface area contributed by atoms with E-state index in [-0.39, 0.29) is 44.5 Å². The summed E-state index contributed by atoms with van der Waals surface area (Å²) < 4.78 is 36.1. The Morgan fingerprint density at radius 1 is 1.25 bits per heavy atom. The Hall–Kier alpha value is -4.99. The zero-order valence-corrected chi connectivity index (χ0v) is 21.7. The standard InChI is InChI=1S/C24H20F2N8O5S/c1-3-33-11(2)15(8-29-33)14-6-16(21(25)26)30-24-18(14)19(20(40-24)22(27)35)31-23(36)17-5-4-13(39-17)10-32-9-12(7-28-32)34(37)38/h4-9,21H,3,10H2,1-2H3,(H2,27,35)(H,31,36). The molecule has 5 rings (SSSR count). The number of fused-ring (bicyclic) bond motifs is 1. The van der Waals surface area contributed by atoms with Crippen LogP contribution in [0.4, 0.5) is 20.2 Å². The number of aryl methyl sites for hydroxylation is 1. The zero-order chi connectivity index (χ0) is 28.7. The highest BCUT2D eigenvalue weighted by atomic mass is 32.1. The van der Waals surface area contributed by atoms with Gasteiger partial charge in [-0.3, -0.25) is 29.1 Å². The minimum absolute atomic E-state index is 0.00474. The fourth-order valence-electron chi connectivity index (χ4n) is 4.22. The Bertz CT molecular complexity index is 1790. The Morgan fingerprint density at radius 2 is 2.02 bits per heavy atom. The van der Waals surface area contributed by atoms with Crippen molar-refractivity contribution in [1.82, 2.24) is 24.5 Å². The number of rotatable bonds is 9. The van der Waals surface area contributed by atoms with Gasteiger partial charge in [-0.15, -0.1) is 11.3 Å². The molecule has 0 radical (unpaired) electrons. The van der Waals surface area contributed by atoms with Crippen molar-refractivity contribution in [3.8, 4) is 11.1 Å². The number of hydrogen-bond acceptors (Lipinski definition) is 9. The molecule has 206 valence electrons. The molecule has 0 saturated heterocycles. The molecule has 0 saturated carbocycles. The minimum Gasteiger partial charge on any atom is -0.454 e. The predicted octanol–water partition coefficient (Wildman–Crippen LogP) is 4.52. The second-order valence-corrected chi connectivity index (χ2v) is 9.58. The lowest BCUT2D eigenvalue weighted by Crippen LogP contribution is -2.16. The molecule has 0 aliphatic heterocycles. The number of aromatic nitrogens is 5. The van der Waals surface area contributed by atoms with Gasteiger partial charge in [-0.05, 0) is 37.6 Å². The number of nitrogens with one attached hydrogen (secondary N) is 1. The lowest BCUT2D eigenvalue weighted by molar-refractivity contribution is -0.385. The van der Waals surface area contributed by atoms with Crippen LogP contribution in [0.1, 0.15) is 50.7 Å². The van der Waals surface area contributed by atoms with E-state index < -0.39 is 28.9 Å². The lowest BCUT2D eigenvalue weighted by Gasteiger charge is -2.10. The molecule has 2 amide bonds. The Balaban J connectivity index is 1.55. The molecule has 0 spiro atoms. The highest BCUT2D eigenvalue weighted by molar-refractivity contribution is 7.21. The van der Waals surface area contributed by atoms with Crippen molar-refractivity contribution in [2.75, 3.05) is 5.32 Å². The third kappa shape index (κ3) is 4.79. The minimum atomic E-state index is -2.89. The summed E-state index contributed by atoms with van der Waals surface area (Å²) in [5, 5.41) is 21.9. The number of amides is 2. The van der Waals surface area contributed by atoms with Crippen molar-refractivity contribution in [3.63, 3.8) is 0 Å². The van der Waals surface area contributed by atoms with Crippen molar-refractivity contribution in [2.24, 2.45) is 5.73 Å². The summed E-state index contributed by atoms with van der Waals surface area (Å²) in [4.78, 5) is 39.9. The van der Waals surface area contributed by atoms with Crippen LogP contribution in [0.2, 0.25) is 0 Å². The quantitative estimate of drug-likeness (QED) is 0.192. The van der Waals surface area contributed by atoms with Crippen molar-refractivity contribution in [1.29, 1.82) is 0 Å². The number of halogens is 2. The number of anilines is 1. The molecule has 5 heterocycles. The van der Waals surface area contributed by atoms with Gasteiger partial charge in [0.25, 0.3) is 18.2 Å².